The average molecular weight is 532 g/mol. The molecule has 1 aromatic heterocycles. The molecule has 9 nitrogen and oxygen atoms in total. The number of halogens is 4. The molecule has 32 heavy (non-hydrogen) atoms. The summed E-state index contributed by atoms with van der Waals surface area (Å²) in [5.74, 6) is -0.331. The largest absolute Gasteiger partial charge is 0.487 e. The Morgan fingerprint density at radius 3 is 2.72 bits per heavy atom. The van der Waals surface area contributed by atoms with Crippen molar-refractivity contribution in [3.05, 3.63) is 74.0 Å². The van der Waals surface area contributed by atoms with Crippen LogP contribution in [0.15, 0.2) is 53.1 Å². The van der Waals surface area contributed by atoms with Crippen molar-refractivity contribution in [1.29, 1.82) is 0 Å². The molecule has 2 aromatic carbocycles. The highest BCUT2D eigenvalue weighted by Gasteiger charge is 2.16. The Morgan fingerprint density at radius 1 is 1.25 bits per heavy atom. The lowest BCUT2D eigenvalue weighted by Crippen LogP contribution is -2.15. The highest BCUT2D eigenvalue weighted by atomic mass is 79.9. The van der Waals surface area contributed by atoms with Crippen LogP contribution in [0.5, 0.6) is 11.5 Å². The van der Waals surface area contributed by atoms with Gasteiger partial charge in [-0.1, -0.05) is 11.6 Å². The summed E-state index contributed by atoms with van der Waals surface area (Å²) in [5.41, 5.74) is -0.436. The number of benzene rings is 2. The summed E-state index contributed by atoms with van der Waals surface area (Å²) in [5, 5.41) is 18.1. The molecule has 3 aromatic rings. The standard InChI is InChI=1S/C19H14BrClF2N4O5/c20-15-5-11(21)1-2-17(15)32-10-26-4-3-16(25-26)19(28)24-12-6-13(27(29)30)8-14(7-12)31-9-18(22)23/h1-8,18H,9-10H2,(H,24,28). The van der Waals surface area contributed by atoms with Gasteiger partial charge >= 0.3 is 0 Å². The van der Waals surface area contributed by atoms with E-state index in [1.165, 1.54) is 23.0 Å². The van der Waals surface area contributed by atoms with Crippen LogP contribution in [0.3, 0.4) is 0 Å². The van der Waals surface area contributed by atoms with Crippen LogP contribution in [0, 0.1) is 10.1 Å². The predicted octanol–water partition coefficient (Wildman–Crippen LogP) is 5.14. The van der Waals surface area contributed by atoms with Gasteiger partial charge in [-0.3, -0.25) is 14.9 Å². The van der Waals surface area contributed by atoms with Gasteiger partial charge in [-0.25, -0.2) is 13.5 Å². The van der Waals surface area contributed by atoms with Crippen LogP contribution in [0.1, 0.15) is 10.5 Å². The summed E-state index contributed by atoms with van der Waals surface area (Å²) in [7, 11) is 0. The quantitative estimate of drug-likeness (QED) is 0.303. The van der Waals surface area contributed by atoms with E-state index in [4.69, 9.17) is 21.1 Å². The summed E-state index contributed by atoms with van der Waals surface area (Å²) in [4.78, 5) is 22.8. The fourth-order valence-corrected chi connectivity index (χ4v) is 3.28. The lowest BCUT2D eigenvalue weighted by atomic mass is 10.2. The number of amides is 1. The molecule has 0 aliphatic rings. The van der Waals surface area contributed by atoms with Crippen LogP contribution in [-0.2, 0) is 6.73 Å². The molecule has 0 atom stereocenters. The summed E-state index contributed by atoms with van der Waals surface area (Å²) >= 11 is 9.20. The minimum absolute atomic E-state index is 0.00403. The van der Waals surface area contributed by atoms with Gasteiger partial charge in [0.1, 0.15) is 18.1 Å². The number of anilines is 1. The van der Waals surface area contributed by atoms with Gasteiger partial charge in [0.25, 0.3) is 18.0 Å². The fourth-order valence-electron chi connectivity index (χ4n) is 2.48. The maximum atomic E-state index is 12.5. The van der Waals surface area contributed by atoms with Crippen LogP contribution in [0.2, 0.25) is 5.02 Å². The van der Waals surface area contributed by atoms with Gasteiger partial charge in [0.15, 0.2) is 12.4 Å². The highest BCUT2D eigenvalue weighted by molar-refractivity contribution is 9.10. The number of nitro benzene ring substituents is 1. The van der Waals surface area contributed by atoms with Crippen LogP contribution < -0.4 is 14.8 Å². The Kier molecular flexibility index (Phi) is 7.59. The number of aromatic nitrogens is 2. The zero-order chi connectivity index (χ0) is 23.3. The minimum Gasteiger partial charge on any atom is -0.487 e. The molecular weight excluding hydrogens is 518 g/mol. The monoisotopic (exact) mass is 530 g/mol. The zero-order valence-corrected chi connectivity index (χ0v) is 18.3. The topological polar surface area (TPSA) is 109 Å². The first kappa shape index (κ1) is 23.4. The molecule has 1 N–H and O–H groups in total. The third kappa shape index (κ3) is 6.37. The SMILES string of the molecule is O=C(Nc1cc(OCC(F)F)cc([N+](=O)[O-])c1)c1ccn(COc2ccc(Cl)cc2Br)n1. The Labute approximate surface area is 193 Å². The van der Waals surface area contributed by atoms with Crippen molar-refractivity contribution in [2.75, 3.05) is 11.9 Å². The zero-order valence-electron chi connectivity index (χ0n) is 16.0. The molecule has 0 bridgehead atoms. The Hall–Kier alpha value is -3.25. The number of rotatable bonds is 9. The predicted molar refractivity (Wildman–Crippen MR) is 115 cm³/mol. The van der Waals surface area contributed by atoms with Crippen molar-refractivity contribution >= 4 is 44.8 Å². The van der Waals surface area contributed by atoms with E-state index in [9.17, 15) is 23.7 Å². The first-order chi connectivity index (χ1) is 15.2. The second-order valence-electron chi connectivity index (χ2n) is 6.22. The van der Waals surface area contributed by atoms with E-state index in [-0.39, 0.29) is 23.9 Å². The van der Waals surface area contributed by atoms with Crippen LogP contribution in [-0.4, -0.2) is 33.6 Å². The first-order valence-electron chi connectivity index (χ1n) is 8.84. The number of carbonyl (C=O) groups is 1. The summed E-state index contributed by atoms with van der Waals surface area (Å²) in [6.45, 7) is -0.946. The lowest BCUT2D eigenvalue weighted by Gasteiger charge is -2.09. The fraction of sp³-hybridized carbons (Fsp3) is 0.158. The van der Waals surface area contributed by atoms with Gasteiger partial charge in [0, 0.05) is 23.4 Å². The smallest absolute Gasteiger partial charge is 0.276 e. The molecule has 0 aliphatic heterocycles. The highest BCUT2D eigenvalue weighted by Crippen LogP contribution is 2.28. The van der Waals surface area contributed by atoms with Crippen molar-refractivity contribution in [3.63, 3.8) is 0 Å². The van der Waals surface area contributed by atoms with E-state index in [2.05, 4.69) is 26.3 Å². The normalized spacial score (nSPS) is 10.8. The van der Waals surface area contributed by atoms with Gasteiger partial charge < -0.3 is 14.8 Å². The maximum absolute atomic E-state index is 12.5. The average Bonchev–Trinajstić information content (AvgIpc) is 3.20. The molecule has 0 fully saturated rings. The number of alkyl halides is 2. The van der Waals surface area contributed by atoms with Crippen LogP contribution >= 0.6 is 27.5 Å². The van der Waals surface area contributed by atoms with Gasteiger partial charge in [0.2, 0.25) is 0 Å². The van der Waals surface area contributed by atoms with Gasteiger partial charge in [-0.15, -0.1) is 0 Å². The molecule has 0 unspecified atom stereocenters. The van der Waals surface area contributed by atoms with Crippen molar-refractivity contribution in [2.24, 2.45) is 0 Å². The lowest BCUT2D eigenvalue weighted by molar-refractivity contribution is -0.384. The van der Waals surface area contributed by atoms with Crippen molar-refractivity contribution in [3.8, 4) is 11.5 Å². The molecule has 1 amide bonds. The van der Waals surface area contributed by atoms with E-state index in [1.807, 2.05) is 0 Å². The number of hydrogen-bond donors (Lipinski definition) is 1. The Balaban J connectivity index is 1.68. The number of non-ortho nitro benzene ring substituents is 1. The third-order valence-corrected chi connectivity index (χ3v) is 4.71. The summed E-state index contributed by atoms with van der Waals surface area (Å²) in [6.07, 6.45) is -1.25. The number of nitrogens with one attached hydrogen (secondary N) is 1. The molecule has 0 radical (unpaired) electrons. The molecular formula is C19H14BrClF2N4O5. The van der Waals surface area contributed by atoms with E-state index < -0.39 is 29.6 Å². The Morgan fingerprint density at radius 2 is 2.03 bits per heavy atom. The summed E-state index contributed by atoms with van der Waals surface area (Å²) in [6, 6.07) is 9.66. The Bertz CT molecular complexity index is 1140. The van der Waals surface area contributed by atoms with Gasteiger partial charge in [0.05, 0.1) is 21.1 Å². The number of ether oxygens (including phenoxy) is 2. The minimum atomic E-state index is -2.76. The van der Waals surface area contributed by atoms with Crippen molar-refractivity contribution in [2.45, 2.75) is 13.2 Å². The van der Waals surface area contributed by atoms with Gasteiger partial charge in [-0.05, 0) is 40.2 Å². The maximum Gasteiger partial charge on any atom is 0.276 e. The number of nitro groups is 1. The van der Waals surface area contributed by atoms with E-state index in [1.54, 1.807) is 18.2 Å². The van der Waals surface area contributed by atoms with E-state index in [0.29, 0.717) is 15.2 Å². The second-order valence-corrected chi connectivity index (χ2v) is 7.51. The molecule has 0 aliphatic carbocycles. The molecule has 0 spiro atoms. The number of carbonyl (C=O) groups excluding carboxylic acids is 1. The number of hydrogen-bond acceptors (Lipinski definition) is 6. The van der Waals surface area contributed by atoms with Crippen LogP contribution in [0.25, 0.3) is 0 Å². The third-order valence-electron chi connectivity index (χ3n) is 3.86. The molecule has 0 saturated heterocycles. The second kappa shape index (κ2) is 10.4. The molecule has 1 heterocycles. The number of nitrogens with zero attached hydrogens (tertiary/aromatic N) is 3. The van der Waals surface area contributed by atoms with Gasteiger partial charge in [-0.2, -0.15) is 5.10 Å². The van der Waals surface area contributed by atoms with E-state index >= 15 is 0 Å². The molecule has 13 heteroatoms. The van der Waals surface area contributed by atoms with Crippen LogP contribution in [0.4, 0.5) is 20.2 Å². The first-order valence-corrected chi connectivity index (χ1v) is 10.0. The van der Waals surface area contributed by atoms with Crippen molar-refractivity contribution in [1.82, 2.24) is 9.78 Å². The molecule has 0 saturated carbocycles. The molecule has 3 rings (SSSR count). The van der Waals surface area contributed by atoms with Crippen molar-refractivity contribution < 1.29 is 28.0 Å². The summed E-state index contributed by atoms with van der Waals surface area (Å²) < 4.78 is 37.2. The molecule has 168 valence electrons. The van der Waals surface area contributed by atoms with E-state index in [0.717, 1.165) is 12.1 Å².